The third-order valence-corrected chi connectivity index (χ3v) is 4.03. The number of ether oxygens (including phenoxy) is 1. The number of hydrogen-bond donors (Lipinski definition) is 1. The van der Waals surface area contributed by atoms with Gasteiger partial charge in [0, 0.05) is 19.2 Å². The van der Waals surface area contributed by atoms with Crippen LogP contribution in [0.15, 0.2) is 23.1 Å². The molecular formula is C15H16F3N5O3. The molecular weight excluding hydrogens is 355 g/mol. The molecule has 26 heavy (non-hydrogen) atoms. The highest BCUT2D eigenvalue weighted by molar-refractivity contribution is 5.95. The highest BCUT2D eigenvalue weighted by atomic mass is 19.4. The summed E-state index contributed by atoms with van der Waals surface area (Å²) < 4.78 is 46.8. The van der Waals surface area contributed by atoms with Gasteiger partial charge in [-0.25, -0.2) is 9.78 Å². The number of hydrogen-bond acceptors (Lipinski definition) is 5. The Morgan fingerprint density at radius 2 is 2.19 bits per heavy atom. The minimum absolute atomic E-state index is 0.203. The molecule has 0 radical (unpaired) electrons. The number of halogens is 3. The van der Waals surface area contributed by atoms with Crippen molar-refractivity contribution in [2.24, 2.45) is 0 Å². The number of carbonyl (C=O) groups excluding carboxylic acids is 1. The monoisotopic (exact) mass is 371 g/mol. The van der Waals surface area contributed by atoms with Crippen LogP contribution in [-0.2, 0) is 10.9 Å². The summed E-state index contributed by atoms with van der Waals surface area (Å²) in [7, 11) is 0. The fraction of sp³-hybridized carbons (Fsp3) is 0.467. The number of nitrogens with zero attached hydrogens (tertiary/aromatic N) is 4. The average molecular weight is 371 g/mol. The highest BCUT2D eigenvalue weighted by Gasteiger charge is 2.42. The largest absolute Gasteiger partial charge is 0.434 e. The van der Waals surface area contributed by atoms with Gasteiger partial charge in [0.1, 0.15) is 0 Å². The number of H-pyrrole nitrogens is 1. The topological polar surface area (TPSA) is 93.1 Å². The molecule has 0 spiro atoms. The molecule has 0 bridgehead atoms. The summed E-state index contributed by atoms with van der Waals surface area (Å²) in [4.78, 5) is 25.1. The normalized spacial score (nSPS) is 18.2. The predicted octanol–water partition coefficient (Wildman–Crippen LogP) is 1.23. The number of aromatic nitrogens is 4. The van der Waals surface area contributed by atoms with Crippen LogP contribution in [0.25, 0.3) is 5.82 Å². The molecule has 3 rings (SSSR count). The summed E-state index contributed by atoms with van der Waals surface area (Å²) in [6, 6.07) is 2.12. The van der Waals surface area contributed by atoms with Crippen LogP contribution in [0, 0.1) is 0 Å². The van der Waals surface area contributed by atoms with Crippen LogP contribution in [0.2, 0.25) is 0 Å². The van der Waals surface area contributed by atoms with Crippen molar-refractivity contribution in [3.8, 4) is 5.82 Å². The number of aromatic amines is 1. The molecule has 0 aromatic carbocycles. The van der Waals surface area contributed by atoms with E-state index in [2.05, 4.69) is 10.2 Å². The fourth-order valence-corrected chi connectivity index (χ4v) is 2.73. The molecule has 1 aliphatic rings. The van der Waals surface area contributed by atoms with Gasteiger partial charge in [-0.3, -0.25) is 9.59 Å². The number of rotatable bonds is 3. The highest BCUT2D eigenvalue weighted by Crippen LogP contribution is 2.34. The maximum absolute atomic E-state index is 13.6. The van der Waals surface area contributed by atoms with Gasteiger partial charge in [-0.15, -0.1) is 0 Å². The zero-order valence-corrected chi connectivity index (χ0v) is 13.8. The fourth-order valence-electron chi connectivity index (χ4n) is 2.73. The third kappa shape index (κ3) is 3.47. The summed E-state index contributed by atoms with van der Waals surface area (Å²) >= 11 is 0. The minimum Gasteiger partial charge on any atom is -0.375 e. The Morgan fingerprint density at radius 1 is 1.42 bits per heavy atom. The summed E-state index contributed by atoms with van der Waals surface area (Å²) in [5.74, 6) is -1.01. The second-order valence-corrected chi connectivity index (χ2v) is 5.75. The first kappa shape index (κ1) is 18.1. The lowest BCUT2D eigenvalue weighted by atomic mass is 10.1. The Labute approximate surface area is 145 Å². The van der Waals surface area contributed by atoms with Gasteiger partial charge < -0.3 is 9.64 Å². The third-order valence-electron chi connectivity index (χ3n) is 4.03. The molecule has 1 atom stereocenters. The van der Waals surface area contributed by atoms with Crippen LogP contribution in [0.3, 0.4) is 0 Å². The van der Waals surface area contributed by atoms with Crippen LogP contribution in [0.4, 0.5) is 13.2 Å². The molecule has 11 heteroatoms. The lowest BCUT2D eigenvalue weighted by molar-refractivity contribution is -0.143. The predicted molar refractivity (Wildman–Crippen MR) is 82.9 cm³/mol. The summed E-state index contributed by atoms with van der Waals surface area (Å²) in [6.07, 6.45) is -3.53. The zero-order valence-electron chi connectivity index (χ0n) is 13.8. The maximum atomic E-state index is 13.6. The van der Waals surface area contributed by atoms with Crippen molar-refractivity contribution in [1.82, 2.24) is 24.9 Å². The van der Waals surface area contributed by atoms with Crippen molar-refractivity contribution in [3.05, 3.63) is 39.9 Å². The van der Waals surface area contributed by atoms with Gasteiger partial charge in [0.05, 0.1) is 24.5 Å². The Hall–Kier alpha value is -2.69. The van der Waals surface area contributed by atoms with Gasteiger partial charge in [0.15, 0.2) is 11.5 Å². The quantitative estimate of drug-likeness (QED) is 0.876. The van der Waals surface area contributed by atoms with Crippen molar-refractivity contribution in [2.45, 2.75) is 25.6 Å². The molecule has 2 aromatic heterocycles. The minimum atomic E-state index is -4.84. The molecule has 1 unspecified atom stereocenters. The smallest absolute Gasteiger partial charge is 0.375 e. The van der Waals surface area contributed by atoms with Crippen LogP contribution >= 0.6 is 0 Å². The number of morpholine rings is 1. The first-order valence-electron chi connectivity index (χ1n) is 7.93. The summed E-state index contributed by atoms with van der Waals surface area (Å²) in [5, 5.41) is 9.27. The molecule has 8 nitrogen and oxygen atoms in total. The van der Waals surface area contributed by atoms with E-state index in [0.717, 1.165) is 18.3 Å². The van der Waals surface area contributed by atoms with Gasteiger partial charge in [0.2, 0.25) is 0 Å². The van der Waals surface area contributed by atoms with Crippen molar-refractivity contribution in [2.75, 3.05) is 19.7 Å². The molecule has 1 N–H and O–H groups in total. The van der Waals surface area contributed by atoms with Gasteiger partial charge in [-0.2, -0.15) is 23.4 Å². The van der Waals surface area contributed by atoms with E-state index < -0.39 is 28.9 Å². The van der Waals surface area contributed by atoms with E-state index in [1.54, 1.807) is 0 Å². The van der Waals surface area contributed by atoms with Gasteiger partial charge >= 0.3 is 6.18 Å². The van der Waals surface area contributed by atoms with Crippen molar-refractivity contribution >= 4 is 5.91 Å². The summed E-state index contributed by atoms with van der Waals surface area (Å²) in [5.41, 5.74) is -2.37. The van der Waals surface area contributed by atoms with Crippen LogP contribution in [0.5, 0.6) is 0 Å². The molecule has 1 saturated heterocycles. The van der Waals surface area contributed by atoms with Crippen molar-refractivity contribution in [1.29, 1.82) is 0 Å². The molecule has 1 aliphatic heterocycles. The van der Waals surface area contributed by atoms with E-state index in [9.17, 15) is 22.8 Å². The number of amides is 1. The summed E-state index contributed by atoms with van der Waals surface area (Å²) in [6.45, 7) is 2.56. The number of carbonyl (C=O) groups is 1. The Kier molecular flexibility index (Phi) is 4.81. The Morgan fingerprint density at radius 3 is 2.81 bits per heavy atom. The van der Waals surface area contributed by atoms with E-state index in [-0.39, 0.29) is 31.6 Å². The molecule has 3 heterocycles. The van der Waals surface area contributed by atoms with Crippen LogP contribution < -0.4 is 5.56 Å². The van der Waals surface area contributed by atoms with Gasteiger partial charge in [-0.05, 0) is 12.5 Å². The molecule has 0 aliphatic carbocycles. The molecule has 0 saturated carbocycles. The average Bonchev–Trinajstić information content (AvgIpc) is 3.07. The van der Waals surface area contributed by atoms with Crippen LogP contribution in [-0.4, -0.2) is 56.6 Å². The SMILES string of the molecule is CCC1CN(C(=O)c2cnn(-c3ccc(=O)[nH]n3)c2C(F)(F)F)CCO1. The van der Waals surface area contributed by atoms with E-state index in [1.165, 1.54) is 4.90 Å². The van der Waals surface area contributed by atoms with E-state index in [1.807, 2.05) is 12.0 Å². The lowest BCUT2D eigenvalue weighted by Gasteiger charge is -2.32. The molecule has 140 valence electrons. The van der Waals surface area contributed by atoms with E-state index in [4.69, 9.17) is 4.74 Å². The van der Waals surface area contributed by atoms with Crippen LogP contribution in [0.1, 0.15) is 29.4 Å². The number of alkyl halides is 3. The van der Waals surface area contributed by atoms with E-state index in [0.29, 0.717) is 11.1 Å². The van der Waals surface area contributed by atoms with Crippen molar-refractivity contribution in [3.63, 3.8) is 0 Å². The first-order valence-corrected chi connectivity index (χ1v) is 7.93. The Balaban J connectivity index is 2.01. The molecule has 1 fully saturated rings. The lowest BCUT2D eigenvalue weighted by Crippen LogP contribution is -2.45. The van der Waals surface area contributed by atoms with E-state index >= 15 is 0 Å². The molecule has 2 aromatic rings. The standard InChI is InChI=1S/C15H16F3N5O3/c1-2-9-8-22(5-6-26-9)14(25)10-7-19-23(13(10)15(16,17)18)11-3-4-12(24)21-20-11/h3-4,7,9H,2,5-6,8H2,1H3,(H,21,24). The Bertz CT molecular complexity index is 840. The number of nitrogens with one attached hydrogen (secondary N) is 1. The second kappa shape index (κ2) is 6.90. The van der Waals surface area contributed by atoms with Gasteiger partial charge in [0.25, 0.3) is 11.5 Å². The maximum Gasteiger partial charge on any atom is 0.434 e. The molecule has 1 amide bonds. The van der Waals surface area contributed by atoms with Gasteiger partial charge in [-0.1, -0.05) is 6.92 Å². The first-order chi connectivity index (χ1) is 12.3. The second-order valence-electron chi connectivity index (χ2n) is 5.75. The van der Waals surface area contributed by atoms with Crippen molar-refractivity contribution < 1.29 is 22.7 Å². The zero-order chi connectivity index (χ0) is 18.9.